The molecule has 3 heterocycles. The molecule has 0 bridgehead atoms. The first-order valence-electron chi connectivity index (χ1n) is 10.4. The van der Waals surface area contributed by atoms with Crippen LogP contribution < -0.4 is 15.4 Å². The van der Waals surface area contributed by atoms with Crippen molar-refractivity contribution in [2.75, 3.05) is 6.61 Å². The Kier molecular flexibility index (Phi) is 6.29. The number of hydrogen-bond donors (Lipinski definition) is 2. The quantitative estimate of drug-likeness (QED) is 0.780. The molecule has 2 atom stereocenters. The van der Waals surface area contributed by atoms with Gasteiger partial charge in [0.05, 0.1) is 6.04 Å². The van der Waals surface area contributed by atoms with E-state index in [2.05, 4.69) is 20.6 Å². The molecule has 0 unspecified atom stereocenters. The smallest absolute Gasteiger partial charge is 0.315 e. The summed E-state index contributed by atoms with van der Waals surface area (Å²) in [6.07, 6.45) is 12.1. The highest BCUT2D eigenvalue weighted by atomic mass is 16.5. The predicted octanol–water partition coefficient (Wildman–Crippen LogP) is 2.86. The number of pyridine rings is 1. The highest BCUT2D eigenvalue weighted by molar-refractivity contribution is 5.74. The van der Waals surface area contributed by atoms with Crippen molar-refractivity contribution >= 4 is 6.03 Å². The number of ether oxygens (including phenoxy) is 2. The van der Waals surface area contributed by atoms with Gasteiger partial charge in [-0.15, -0.1) is 0 Å². The van der Waals surface area contributed by atoms with Crippen molar-refractivity contribution in [3.05, 3.63) is 42.1 Å². The van der Waals surface area contributed by atoms with Crippen molar-refractivity contribution in [3.8, 4) is 5.88 Å². The van der Waals surface area contributed by atoms with E-state index in [9.17, 15) is 4.79 Å². The fourth-order valence-corrected chi connectivity index (χ4v) is 4.02. The summed E-state index contributed by atoms with van der Waals surface area (Å²) in [7, 11) is 1.93. The molecule has 0 spiro atoms. The molecule has 4 rings (SSSR count). The molecule has 1 aliphatic carbocycles. The van der Waals surface area contributed by atoms with Gasteiger partial charge in [0.25, 0.3) is 0 Å². The molecule has 2 fully saturated rings. The van der Waals surface area contributed by atoms with Crippen molar-refractivity contribution in [3.63, 3.8) is 0 Å². The van der Waals surface area contributed by atoms with E-state index in [1.807, 2.05) is 29.9 Å². The number of imidazole rings is 1. The lowest BCUT2D eigenvalue weighted by Crippen LogP contribution is -2.43. The van der Waals surface area contributed by atoms with E-state index in [1.54, 1.807) is 12.4 Å². The third-order valence-corrected chi connectivity index (χ3v) is 5.61. The van der Waals surface area contributed by atoms with Crippen LogP contribution in [0.4, 0.5) is 4.79 Å². The number of carbonyl (C=O) groups excluding carboxylic acids is 1. The molecule has 1 saturated heterocycles. The Morgan fingerprint density at radius 1 is 1.24 bits per heavy atom. The van der Waals surface area contributed by atoms with Crippen LogP contribution in [0.3, 0.4) is 0 Å². The zero-order valence-corrected chi connectivity index (χ0v) is 16.8. The van der Waals surface area contributed by atoms with Crippen molar-refractivity contribution in [2.45, 2.75) is 63.3 Å². The van der Waals surface area contributed by atoms with E-state index in [0.29, 0.717) is 19.0 Å². The van der Waals surface area contributed by atoms with Gasteiger partial charge in [0, 0.05) is 44.9 Å². The van der Waals surface area contributed by atoms with E-state index in [-0.39, 0.29) is 24.3 Å². The van der Waals surface area contributed by atoms with Crippen molar-refractivity contribution in [1.82, 2.24) is 25.2 Å². The van der Waals surface area contributed by atoms with Gasteiger partial charge in [0.2, 0.25) is 5.88 Å². The highest BCUT2D eigenvalue weighted by Gasteiger charge is 2.33. The van der Waals surface area contributed by atoms with Crippen LogP contribution in [0.25, 0.3) is 0 Å². The van der Waals surface area contributed by atoms with Crippen LogP contribution in [-0.4, -0.2) is 39.3 Å². The summed E-state index contributed by atoms with van der Waals surface area (Å²) in [6.45, 7) is 1.02. The minimum absolute atomic E-state index is 0.0984. The van der Waals surface area contributed by atoms with E-state index in [1.165, 1.54) is 19.3 Å². The van der Waals surface area contributed by atoms with Crippen LogP contribution in [0, 0.1) is 0 Å². The number of amides is 2. The average Bonchev–Trinajstić information content (AvgIpc) is 3.36. The average molecular weight is 399 g/mol. The zero-order valence-electron chi connectivity index (χ0n) is 16.8. The number of nitrogens with zero attached hydrogens (tertiary/aromatic N) is 3. The monoisotopic (exact) mass is 399 g/mol. The third kappa shape index (κ3) is 5.06. The molecule has 29 heavy (non-hydrogen) atoms. The zero-order chi connectivity index (χ0) is 20.1. The molecule has 1 saturated carbocycles. The fraction of sp³-hybridized carbons (Fsp3) is 0.571. The molecule has 8 heteroatoms. The first-order valence-corrected chi connectivity index (χ1v) is 10.4. The second kappa shape index (κ2) is 9.26. The summed E-state index contributed by atoms with van der Waals surface area (Å²) in [6, 6.07) is 3.48. The number of aryl methyl sites for hydroxylation is 1. The Bertz CT molecular complexity index is 818. The van der Waals surface area contributed by atoms with Crippen LogP contribution in [0.1, 0.15) is 56.0 Å². The molecule has 1 aliphatic heterocycles. The van der Waals surface area contributed by atoms with E-state index >= 15 is 0 Å². The Morgan fingerprint density at radius 2 is 2.10 bits per heavy atom. The number of urea groups is 1. The molecule has 2 amide bonds. The SMILES string of the molecule is Cn1ccnc1[C@@H]1OCC[C@H]1NC(=O)NCc1ccnc(OC2CCCCC2)c1. The molecular weight excluding hydrogens is 370 g/mol. The van der Waals surface area contributed by atoms with Crippen molar-refractivity contribution in [2.24, 2.45) is 7.05 Å². The van der Waals surface area contributed by atoms with Gasteiger partial charge >= 0.3 is 6.03 Å². The number of rotatable bonds is 6. The molecule has 0 aromatic carbocycles. The Morgan fingerprint density at radius 3 is 2.90 bits per heavy atom. The van der Waals surface area contributed by atoms with Crippen LogP contribution in [0.5, 0.6) is 5.88 Å². The number of aromatic nitrogens is 3. The lowest BCUT2D eigenvalue weighted by atomic mass is 9.98. The second-order valence-corrected chi connectivity index (χ2v) is 7.79. The summed E-state index contributed by atoms with van der Waals surface area (Å²) in [5.74, 6) is 1.46. The van der Waals surface area contributed by atoms with Crippen molar-refractivity contribution in [1.29, 1.82) is 0 Å². The molecule has 2 aliphatic rings. The minimum atomic E-state index is -0.225. The summed E-state index contributed by atoms with van der Waals surface area (Å²) in [5.41, 5.74) is 0.962. The fourth-order valence-electron chi connectivity index (χ4n) is 4.02. The molecule has 156 valence electrons. The Labute approximate surface area is 171 Å². The molecule has 2 aromatic rings. The van der Waals surface area contributed by atoms with Gasteiger partial charge in [0.1, 0.15) is 18.0 Å². The first-order chi connectivity index (χ1) is 14.2. The van der Waals surface area contributed by atoms with E-state index in [4.69, 9.17) is 9.47 Å². The maximum atomic E-state index is 12.4. The van der Waals surface area contributed by atoms with Gasteiger partial charge in [0.15, 0.2) is 0 Å². The lowest BCUT2D eigenvalue weighted by molar-refractivity contribution is 0.0908. The van der Waals surface area contributed by atoms with E-state index < -0.39 is 0 Å². The van der Waals surface area contributed by atoms with Crippen LogP contribution >= 0.6 is 0 Å². The largest absolute Gasteiger partial charge is 0.474 e. The van der Waals surface area contributed by atoms with Gasteiger partial charge in [-0.1, -0.05) is 6.42 Å². The van der Waals surface area contributed by atoms with Gasteiger partial charge in [-0.2, -0.15) is 0 Å². The summed E-state index contributed by atoms with van der Waals surface area (Å²) in [4.78, 5) is 21.1. The summed E-state index contributed by atoms with van der Waals surface area (Å²) in [5, 5.41) is 5.94. The molecule has 2 aromatic heterocycles. The van der Waals surface area contributed by atoms with Crippen LogP contribution in [0.2, 0.25) is 0 Å². The van der Waals surface area contributed by atoms with Gasteiger partial charge < -0.3 is 24.7 Å². The van der Waals surface area contributed by atoms with Gasteiger partial charge in [-0.3, -0.25) is 0 Å². The van der Waals surface area contributed by atoms with Gasteiger partial charge in [-0.25, -0.2) is 14.8 Å². The summed E-state index contributed by atoms with van der Waals surface area (Å²) >= 11 is 0. The molecular formula is C21H29N5O3. The number of nitrogens with one attached hydrogen (secondary N) is 2. The van der Waals surface area contributed by atoms with Crippen LogP contribution in [0.15, 0.2) is 30.7 Å². The normalized spacial score (nSPS) is 22.4. The standard InChI is InChI=1S/C21H29N5O3/c1-26-11-10-23-20(26)19-17(8-12-28-19)25-21(27)24-14-15-7-9-22-18(13-15)29-16-5-3-2-4-6-16/h7,9-11,13,16-17,19H,2-6,8,12,14H2,1H3,(H2,24,25,27)/t17-,19-/m1/s1. The summed E-state index contributed by atoms with van der Waals surface area (Å²) < 4.78 is 13.7. The number of carbonyl (C=O) groups is 1. The van der Waals surface area contributed by atoms with Gasteiger partial charge in [-0.05, 0) is 43.7 Å². The molecule has 2 N–H and O–H groups in total. The maximum Gasteiger partial charge on any atom is 0.315 e. The first kappa shape index (κ1) is 19.7. The molecule has 0 radical (unpaired) electrons. The topological polar surface area (TPSA) is 90.3 Å². The Balaban J connectivity index is 1.28. The Hall–Kier alpha value is -2.61. The molecule has 8 nitrogen and oxygen atoms in total. The lowest BCUT2D eigenvalue weighted by Gasteiger charge is -2.22. The van der Waals surface area contributed by atoms with E-state index in [0.717, 1.165) is 30.7 Å². The number of hydrogen-bond acceptors (Lipinski definition) is 5. The van der Waals surface area contributed by atoms with Crippen LogP contribution in [-0.2, 0) is 18.3 Å². The maximum absolute atomic E-state index is 12.4. The minimum Gasteiger partial charge on any atom is -0.474 e. The predicted molar refractivity (Wildman–Crippen MR) is 107 cm³/mol. The second-order valence-electron chi connectivity index (χ2n) is 7.79. The third-order valence-electron chi connectivity index (χ3n) is 5.61. The van der Waals surface area contributed by atoms with Crippen molar-refractivity contribution < 1.29 is 14.3 Å². The highest BCUT2D eigenvalue weighted by Crippen LogP contribution is 2.27.